The summed E-state index contributed by atoms with van der Waals surface area (Å²) in [5.74, 6) is 0. The summed E-state index contributed by atoms with van der Waals surface area (Å²) >= 11 is 3.16. The molecule has 100 valence electrons. The molecule has 1 heterocycles. The number of benzene rings is 1. The Hall–Kier alpha value is -1.89. The average Bonchev–Trinajstić information content (AvgIpc) is 2.85. The molecule has 0 atom stereocenters. The van der Waals surface area contributed by atoms with Crippen molar-refractivity contribution < 1.29 is 4.92 Å². The maximum absolute atomic E-state index is 10.8. The Morgan fingerprint density at radius 2 is 2.32 bits per heavy atom. The van der Waals surface area contributed by atoms with Crippen LogP contribution in [0.3, 0.4) is 0 Å². The molecule has 0 unspecified atom stereocenters. The van der Waals surface area contributed by atoms with Crippen molar-refractivity contribution in [1.29, 1.82) is 0 Å². The minimum Gasteiger partial charge on any atom is -0.378 e. The molecule has 0 aliphatic carbocycles. The number of anilines is 1. The largest absolute Gasteiger partial charge is 0.378 e. The van der Waals surface area contributed by atoms with Gasteiger partial charge in [-0.2, -0.15) is 5.10 Å². The van der Waals surface area contributed by atoms with Crippen LogP contribution in [0.2, 0.25) is 0 Å². The summed E-state index contributed by atoms with van der Waals surface area (Å²) in [6.07, 6.45) is 3.63. The van der Waals surface area contributed by atoms with Gasteiger partial charge in [0.25, 0.3) is 5.69 Å². The van der Waals surface area contributed by atoms with Gasteiger partial charge in [0.2, 0.25) is 0 Å². The summed E-state index contributed by atoms with van der Waals surface area (Å²) in [7, 11) is 0. The third kappa shape index (κ3) is 3.31. The zero-order valence-corrected chi connectivity index (χ0v) is 11.9. The van der Waals surface area contributed by atoms with Crippen LogP contribution in [0.4, 0.5) is 11.4 Å². The second-order valence-corrected chi connectivity index (χ2v) is 4.84. The predicted octanol–water partition coefficient (Wildman–Crippen LogP) is 3.19. The number of hydrogen-bond donors (Lipinski definition) is 1. The first-order chi connectivity index (χ1) is 9.10. The molecule has 2 aromatic rings. The molecule has 1 aromatic heterocycles. The van der Waals surface area contributed by atoms with Crippen LogP contribution in [0.5, 0.6) is 0 Å². The van der Waals surface area contributed by atoms with Crippen molar-refractivity contribution in [1.82, 2.24) is 9.78 Å². The van der Waals surface area contributed by atoms with E-state index in [-0.39, 0.29) is 5.69 Å². The van der Waals surface area contributed by atoms with Crippen LogP contribution in [0.1, 0.15) is 12.5 Å². The van der Waals surface area contributed by atoms with Gasteiger partial charge in [0, 0.05) is 25.4 Å². The Labute approximate surface area is 118 Å². The van der Waals surface area contributed by atoms with Crippen LogP contribution < -0.4 is 5.32 Å². The maximum atomic E-state index is 10.8. The first-order valence-corrected chi connectivity index (χ1v) is 6.58. The Morgan fingerprint density at radius 1 is 1.53 bits per heavy atom. The van der Waals surface area contributed by atoms with E-state index in [1.54, 1.807) is 18.3 Å². The lowest BCUT2D eigenvalue weighted by atomic mass is 10.2. The van der Waals surface area contributed by atoms with E-state index in [1.807, 2.05) is 23.9 Å². The molecule has 0 fully saturated rings. The minimum absolute atomic E-state index is 0.0727. The van der Waals surface area contributed by atoms with E-state index in [0.29, 0.717) is 11.0 Å². The van der Waals surface area contributed by atoms with E-state index < -0.39 is 4.92 Å². The number of rotatable bonds is 5. The first kappa shape index (κ1) is 13.5. The van der Waals surface area contributed by atoms with Crippen molar-refractivity contribution in [3.05, 3.63) is 50.7 Å². The van der Waals surface area contributed by atoms with E-state index in [4.69, 9.17) is 0 Å². The highest BCUT2D eigenvalue weighted by Gasteiger charge is 2.12. The van der Waals surface area contributed by atoms with Gasteiger partial charge >= 0.3 is 0 Å². The molecule has 2 rings (SSSR count). The Kier molecular flexibility index (Phi) is 4.16. The Morgan fingerprint density at radius 3 is 2.95 bits per heavy atom. The number of hydrogen-bond acceptors (Lipinski definition) is 4. The summed E-state index contributed by atoms with van der Waals surface area (Å²) in [4.78, 5) is 10.4. The van der Waals surface area contributed by atoms with Crippen LogP contribution in [0.25, 0.3) is 0 Å². The van der Waals surface area contributed by atoms with Crippen LogP contribution in [-0.2, 0) is 13.1 Å². The summed E-state index contributed by atoms with van der Waals surface area (Å²) in [6, 6.07) is 5.08. The lowest BCUT2D eigenvalue weighted by Crippen LogP contribution is -2.00. The monoisotopic (exact) mass is 324 g/mol. The third-order valence-corrected chi connectivity index (χ3v) is 3.33. The highest BCUT2D eigenvalue weighted by Crippen LogP contribution is 2.25. The van der Waals surface area contributed by atoms with Crippen molar-refractivity contribution in [2.75, 3.05) is 5.32 Å². The SMILES string of the molecule is CCn1cc(NCc2ccc(Br)c([N+](=O)[O-])c2)cn1. The second-order valence-electron chi connectivity index (χ2n) is 3.98. The fraction of sp³-hybridized carbons (Fsp3) is 0.250. The normalized spacial score (nSPS) is 10.4. The van der Waals surface area contributed by atoms with Gasteiger partial charge in [-0.15, -0.1) is 0 Å². The number of aromatic nitrogens is 2. The van der Waals surface area contributed by atoms with Gasteiger partial charge in [0.15, 0.2) is 0 Å². The summed E-state index contributed by atoms with van der Waals surface area (Å²) in [5.41, 5.74) is 1.81. The van der Waals surface area contributed by atoms with Gasteiger partial charge in [-0.05, 0) is 34.5 Å². The minimum atomic E-state index is -0.400. The second kappa shape index (κ2) is 5.83. The lowest BCUT2D eigenvalue weighted by molar-refractivity contribution is -0.385. The van der Waals surface area contributed by atoms with Crippen molar-refractivity contribution in [2.24, 2.45) is 0 Å². The summed E-state index contributed by atoms with van der Waals surface area (Å²) in [6.45, 7) is 3.34. The van der Waals surface area contributed by atoms with Gasteiger partial charge in [0.1, 0.15) is 0 Å². The molecule has 7 heteroatoms. The van der Waals surface area contributed by atoms with Gasteiger partial charge in [-0.25, -0.2) is 0 Å². The van der Waals surface area contributed by atoms with Gasteiger partial charge in [-0.1, -0.05) is 6.07 Å². The van der Waals surface area contributed by atoms with Crippen molar-refractivity contribution in [2.45, 2.75) is 20.0 Å². The molecule has 0 aliphatic rings. The fourth-order valence-electron chi connectivity index (χ4n) is 1.64. The van der Waals surface area contributed by atoms with Gasteiger partial charge in [0.05, 0.1) is 21.3 Å². The van der Waals surface area contributed by atoms with E-state index in [1.165, 1.54) is 0 Å². The van der Waals surface area contributed by atoms with E-state index in [9.17, 15) is 10.1 Å². The number of nitrogens with zero attached hydrogens (tertiary/aromatic N) is 3. The quantitative estimate of drug-likeness (QED) is 0.677. The van der Waals surface area contributed by atoms with Gasteiger partial charge < -0.3 is 5.32 Å². The van der Waals surface area contributed by atoms with Crippen LogP contribution in [0.15, 0.2) is 35.1 Å². The maximum Gasteiger partial charge on any atom is 0.283 e. The summed E-state index contributed by atoms with van der Waals surface area (Å²) < 4.78 is 2.30. The average molecular weight is 325 g/mol. The van der Waals surface area contributed by atoms with E-state index in [2.05, 4.69) is 26.3 Å². The Balaban J connectivity index is 2.07. The zero-order valence-electron chi connectivity index (χ0n) is 10.3. The van der Waals surface area contributed by atoms with Crippen LogP contribution >= 0.6 is 15.9 Å². The molecular formula is C12H13BrN4O2. The fourth-order valence-corrected chi connectivity index (χ4v) is 2.03. The van der Waals surface area contributed by atoms with Crippen LogP contribution in [-0.4, -0.2) is 14.7 Å². The zero-order chi connectivity index (χ0) is 13.8. The van der Waals surface area contributed by atoms with Crippen LogP contribution in [0, 0.1) is 10.1 Å². The molecule has 1 aromatic carbocycles. The number of halogens is 1. The number of nitro groups is 1. The topological polar surface area (TPSA) is 73.0 Å². The van der Waals surface area contributed by atoms with E-state index >= 15 is 0 Å². The smallest absolute Gasteiger partial charge is 0.283 e. The molecule has 19 heavy (non-hydrogen) atoms. The first-order valence-electron chi connectivity index (χ1n) is 5.79. The van der Waals surface area contributed by atoms with Gasteiger partial charge in [-0.3, -0.25) is 14.8 Å². The standard InChI is InChI=1S/C12H13BrN4O2/c1-2-16-8-10(7-15-16)14-6-9-3-4-11(13)12(5-9)17(18)19/h3-5,7-8,14H,2,6H2,1H3. The molecule has 0 amide bonds. The molecule has 1 N–H and O–H groups in total. The number of nitrogens with one attached hydrogen (secondary N) is 1. The highest BCUT2D eigenvalue weighted by molar-refractivity contribution is 9.10. The van der Waals surface area contributed by atoms with E-state index in [0.717, 1.165) is 17.8 Å². The number of nitro benzene ring substituents is 1. The summed E-state index contributed by atoms with van der Waals surface area (Å²) in [5, 5.41) is 18.2. The van der Waals surface area contributed by atoms with Crippen molar-refractivity contribution >= 4 is 27.3 Å². The molecule has 0 spiro atoms. The predicted molar refractivity (Wildman–Crippen MR) is 76.0 cm³/mol. The highest BCUT2D eigenvalue weighted by atomic mass is 79.9. The van der Waals surface area contributed by atoms with Crippen molar-refractivity contribution in [3.8, 4) is 0 Å². The molecule has 0 radical (unpaired) electrons. The Bertz CT molecular complexity index is 597. The van der Waals surface area contributed by atoms with Crippen molar-refractivity contribution in [3.63, 3.8) is 0 Å². The molecule has 0 bridgehead atoms. The molecule has 0 saturated heterocycles. The molecule has 6 nitrogen and oxygen atoms in total. The third-order valence-electron chi connectivity index (χ3n) is 2.66. The molecular weight excluding hydrogens is 312 g/mol. The molecule has 0 saturated carbocycles. The lowest BCUT2D eigenvalue weighted by Gasteiger charge is -2.04. The molecule has 0 aliphatic heterocycles. The number of aryl methyl sites for hydroxylation is 1.